The molecule has 0 spiro atoms. The summed E-state index contributed by atoms with van der Waals surface area (Å²) in [5, 5.41) is 5.89. The molecule has 0 aliphatic rings. The van der Waals surface area contributed by atoms with E-state index < -0.39 is 0 Å². The van der Waals surface area contributed by atoms with E-state index >= 15 is 0 Å². The van der Waals surface area contributed by atoms with E-state index in [2.05, 4.69) is 10.1 Å². The van der Waals surface area contributed by atoms with E-state index in [1.807, 2.05) is 12.1 Å². The SMILES string of the molecule is Clc1ccc(OCc2nc(CSc3cccc(Cl)c3Cl)no2)c(Cl)c1. The van der Waals surface area contributed by atoms with Gasteiger partial charge in [0.1, 0.15) is 5.75 Å². The first kappa shape index (κ1) is 18.7. The highest BCUT2D eigenvalue weighted by Crippen LogP contribution is 2.34. The van der Waals surface area contributed by atoms with Crippen LogP contribution < -0.4 is 4.74 Å². The molecule has 0 fully saturated rings. The van der Waals surface area contributed by atoms with Crippen LogP contribution in [0.1, 0.15) is 11.7 Å². The maximum atomic E-state index is 6.15. The fourth-order valence-electron chi connectivity index (χ4n) is 1.88. The Morgan fingerprint density at radius 1 is 1.04 bits per heavy atom. The van der Waals surface area contributed by atoms with Crippen molar-refractivity contribution in [1.82, 2.24) is 10.1 Å². The fourth-order valence-corrected chi connectivity index (χ4v) is 3.67. The second-order valence-electron chi connectivity index (χ2n) is 4.81. The Kier molecular flexibility index (Phi) is 6.36. The van der Waals surface area contributed by atoms with Crippen LogP contribution in [0, 0.1) is 0 Å². The standard InChI is InChI=1S/C16H10Cl4N2O2S/c17-9-4-5-12(11(19)6-9)23-7-15-21-14(22-24-15)8-25-13-3-1-2-10(18)16(13)20/h1-6H,7-8H2. The molecule has 0 unspecified atom stereocenters. The minimum Gasteiger partial charge on any atom is -0.482 e. The summed E-state index contributed by atoms with van der Waals surface area (Å²) < 4.78 is 10.7. The summed E-state index contributed by atoms with van der Waals surface area (Å²) in [7, 11) is 0. The van der Waals surface area contributed by atoms with E-state index in [-0.39, 0.29) is 6.61 Å². The fraction of sp³-hybridized carbons (Fsp3) is 0.125. The van der Waals surface area contributed by atoms with Gasteiger partial charge in [-0.05, 0) is 30.3 Å². The highest BCUT2D eigenvalue weighted by molar-refractivity contribution is 7.98. The Hall–Kier alpha value is -1.11. The van der Waals surface area contributed by atoms with Crippen molar-refractivity contribution in [1.29, 1.82) is 0 Å². The van der Waals surface area contributed by atoms with Crippen molar-refractivity contribution in [2.75, 3.05) is 0 Å². The lowest BCUT2D eigenvalue weighted by Gasteiger charge is -2.05. The van der Waals surface area contributed by atoms with Gasteiger partial charge in [0.15, 0.2) is 12.4 Å². The molecular formula is C16H10Cl4N2O2S. The lowest BCUT2D eigenvalue weighted by atomic mass is 10.3. The number of aromatic nitrogens is 2. The smallest absolute Gasteiger partial charge is 0.264 e. The molecule has 0 aliphatic heterocycles. The summed E-state index contributed by atoms with van der Waals surface area (Å²) in [6.07, 6.45) is 0. The molecule has 2 aromatic carbocycles. The number of nitrogens with zero attached hydrogens (tertiary/aromatic N) is 2. The molecule has 0 saturated carbocycles. The van der Waals surface area contributed by atoms with Gasteiger partial charge in [-0.15, -0.1) is 11.8 Å². The zero-order valence-corrected chi connectivity index (χ0v) is 16.3. The van der Waals surface area contributed by atoms with Crippen LogP contribution in [0.5, 0.6) is 5.75 Å². The normalized spacial score (nSPS) is 10.9. The molecular weight excluding hydrogens is 426 g/mol. The Labute approximate surface area is 168 Å². The minimum absolute atomic E-state index is 0.108. The maximum absolute atomic E-state index is 6.15. The van der Waals surface area contributed by atoms with Crippen LogP contribution in [0.2, 0.25) is 20.1 Å². The van der Waals surface area contributed by atoms with Crippen LogP contribution in [-0.4, -0.2) is 10.1 Å². The Bertz CT molecular complexity index is 888. The minimum atomic E-state index is 0.108. The second-order valence-corrected chi connectivity index (χ2v) is 7.45. The van der Waals surface area contributed by atoms with Crippen molar-refractivity contribution >= 4 is 58.2 Å². The maximum Gasteiger partial charge on any atom is 0.264 e. The predicted molar refractivity (Wildman–Crippen MR) is 101 cm³/mol. The molecule has 0 atom stereocenters. The Morgan fingerprint density at radius 2 is 1.88 bits per heavy atom. The molecule has 3 rings (SSSR count). The van der Waals surface area contributed by atoms with Gasteiger partial charge >= 0.3 is 0 Å². The van der Waals surface area contributed by atoms with Gasteiger partial charge in [-0.1, -0.05) is 57.6 Å². The molecule has 0 saturated heterocycles. The van der Waals surface area contributed by atoms with Crippen LogP contribution in [0.15, 0.2) is 45.8 Å². The van der Waals surface area contributed by atoms with Crippen molar-refractivity contribution in [2.45, 2.75) is 17.3 Å². The van der Waals surface area contributed by atoms with Gasteiger partial charge in [0, 0.05) is 9.92 Å². The molecule has 25 heavy (non-hydrogen) atoms. The van der Waals surface area contributed by atoms with Crippen molar-refractivity contribution < 1.29 is 9.26 Å². The van der Waals surface area contributed by atoms with Gasteiger partial charge in [0.25, 0.3) is 5.89 Å². The first-order valence-electron chi connectivity index (χ1n) is 6.99. The second kappa shape index (κ2) is 8.52. The zero-order valence-electron chi connectivity index (χ0n) is 12.5. The van der Waals surface area contributed by atoms with Crippen molar-refractivity contribution in [2.24, 2.45) is 0 Å². The average molecular weight is 436 g/mol. The van der Waals surface area contributed by atoms with E-state index in [4.69, 9.17) is 55.7 Å². The number of hydrogen-bond acceptors (Lipinski definition) is 5. The number of ether oxygens (including phenoxy) is 1. The van der Waals surface area contributed by atoms with Crippen LogP contribution in [0.25, 0.3) is 0 Å². The summed E-state index contributed by atoms with van der Waals surface area (Å²) in [5.74, 6) is 1.86. The highest BCUT2D eigenvalue weighted by Gasteiger charge is 2.11. The average Bonchev–Trinajstić information content (AvgIpc) is 3.03. The lowest BCUT2D eigenvalue weighted by molar-refractivity contribution is 0.242. The first-order valence-corrected chi connectivity index (χ1v) is 9.49. The molecule has 0 bridgehead atoms. The van der Waals surface area contributed by atoms with E-state index in [1.54, 1.807) is 24.3 Å². The number of rotatable bonds is 6. The summed E-state index contributed by atoms with van der Waals surface area (Å²) >= 11 is 25.5. The number of hydrogen-bond donors (Lipinski definition) is 0. The van der Waals surface area contributed by atoms with Gasteiger partial charge in [0.2, 0.25) is 0 Å². The van der Waals surface area contributed by atoms with E-state index in [0.29, 0.717) is 43.3 Å². The zero-order chi connectivity index (χ0) is 17.8. The molecule has 1 heterocycles. The van der Waals surface area contributed by atoms with Crippen LogP contribution >= 0.6 is 58.2 Å². The number of thioether (sulfide) groups is 1. The van der Waals surface area contributed by atoms with Gasteiger partial charge in [-0.2, -0.15) is 4.98 Å². The van der Waals surface area contributed by atoms with Gasteiger partial charge in [-0.3, -0.25) is 0 Å². The number of benzene rings is 2. The molecule has 0 aliphatic carbocycles. The number of halogens is 4. The quantitative estimate of drug-likeness (QED) is 0.410. The summed E-state index contributed by atoms with van der Waals surface area (Å²) in [5.41, 5.74) is 0. The van der Waals surface area contributed by atoms with Crippen LogP contribution in [0.3, 0.4) is 0 Å². The van der Waals surface area contributed by atoms with Gasteiger partial charge < -0.3 is 9.26 Å². The highest BCUT2D eigenvalue weighted by atomic mass is 35.5. The lowest BCUT2D eigenvalue weighted by Crippen LogP contribution is -1.96. The topological polar surface area (TPSA) is 48.2 Å². The van der Waals surface area contributed by atoms with E-state index in [1.165, 1.54) is 11.8 Å². The molecule has 0 amide bonds. The Morgan fingerprint density at radius 3 is 2.68 bits per heavy atom. The van der Waals surface area contributed by atoms with Gasteiger partial charge in [-0.25, -0.2) is 0 Å². The first-order chi connectivity index (χ1) is 12.0. The van der Waals surface area contributed by atoms with Crippen molar-refractivity contribution in [3.8, 4) is 5.75 Å². The van der Waals surface area contributed by atoms with Gasteiger partial charge in [0.05, 0.1) is 20.8 Å². The van der Waals surface area contributed by atoms with Crippen molar-refractivity contribution in [3.05, 3.63) is 68.2 Å². The third-order valence-electron chi connectivity index (χ3n) is 3.03. The monoisotopic (exact) mass is 434 g/mol. The summed E-state index contributed by atoms with van der Waals surface area (Å²) in [6.45, 7) is 0.108. The van der Waals surface area contributed by atoms with Crippen LogP contribution in [-0.2, 0) is 12.4 Å². The summed E-state index contributed by atoms with van der Waals surface area (Å²) in [6, 6.07) is 10.4. The van der Waals surface area contributed by atoms with E-state index in [0.717, 1.165) is 4.90 Å². The molecule has 3 aromatic rings. The molecule has 130 valence electrons. The third kappa shape index (κ3) is 4.96. The largest absolute Gasteiger partial charge is 0.482 e. The van der Waals surface area contributed by atoms with Crippen LogP contribution in [0.4, 0.5) is 0 Å². The summed E-state index contributed by atoms with van der Waals surface area (Å²) in [4.78, 5) is 5.12. The third-order valence-corrected chi connectivity index (χ3v) is 5.54. The van der Waals surface area contributed by atoms with E-state index in [9.17, 15) is 0 Å². The molecule has 0 radical (unpaired) electrons. The Balaban J connectivity index is 1.58. The van der Waals surface area contributed by atoms with Crippen molar-refractivity contribution in [3.63, 3.8) is 0 Å². The molecule has 1 aromatic heterocycles. The molecule has 4 nitrogen and oxygen atoms in total. The molecule has 9 heteroatoms. The molecule has 0 N–H and O–H groups in total. The predicted octanol–water partition coefficient (Wildman–Crippen LogP) is 6.55.